The number of amides is 1. The van der Waals surface area contributed by atoms with Gasteiger partial charge in [-0.1, -0.05) is 0 Å². The normalized spacial score (nSPS) is 16.8. The molecule has 1 aromatic carbocycles. The molecule has 0 spiro atoms. The number of alkyl halides is 3. The molecule has 1 amide bonds. The highest BCUT2D eigenvalue weighted by Crippen LogP contribution is 2.29. The minimum absolute atomic E-state index is 0.0258. The molecule has 2 aromatic heterocycles. The average Bonchev–Trinajstić information content (AvgIpc) is 3.35. The highest BCUT2D eigenvalue weighted by atomic mass is 32.2. The molecule has 0 aliphatic carbocycles. The van der Waals surface area contributed by atoms with E-state index in [-0.39, 0.29) is 25.2 Å². The van der Waals surface area contributed by atoms with E-state index in [4.69, 9.17) is 0 Å². The summed E-state index contributed by atoms with van der Waals surface area (Å²) in [6, 6.07) is 4.61. The molecular formula is C22H18F5N5O3S. The summed E-state index contributed by atoms with van der Waals surface area (Å²) >= 11 is 0. The Morgan fingerprint density at radius 1 is 1.06 bits per heavy atom. The maximum absolute atomic E-state index is 13.6. The quantitative estimate of drug-likeness (QED) is 0.494. The van der Waals surface area contributed by atoms with Gasteiger partial charge in [-0.3, -0.25) is 9.78 Å². The standard InChI is InChI=1S/C22H18F5N5O3S/c23-16-5-4-15(9-17(16)24)36(34,35)32-7-1-2-19(32)21(33)29-11-14-8-18(31-12-30-14)13-3-6-20(28-10-13)22(25,26)27/h3-6,8-10,12,19H,1-2,7,11H2,(H,29,33). The van der Waals surface area contributed by atoms with Gasteiger partial charge < -0.3 is 5.32 Å². The molecule has 8 nitrogen and oxygen atoms in total. The minimum atomic E-state index is -4.58. The number of rotatable bonds is 6. The number of halogens is 5. The Morgan fingerprint density at radius 2 is 1.83 bits per heavy atom. The lowest BCUT2D eigenvalue weighted by atomic mass is 10.1. The zero-order chi connectivity index (χ0) is 26.1. The maximum Gasteiger partial charge on any atom is 0.433 e. The minimum Gasteiger partial charge on any atom is -0.349 e. The Kier molecular flexibility index (Phi) is 7.00. The van der Waals surface area contributed by atoms with Crippen molar-refractivity contribution in [3.63, 3.8) is 0 Å². The van der Waals surface area contributed by atoms with E-state index < -0.39 is 50.4 Å². The average molecular weight is 527 g/mol. The van der Waals surface area contributed by atoms with Crippen molar-refractivity contribution < 1.29 is 35.2 Å². The second-order valence-electron chi connectivity index (χ2n) is 7.89. The first-order valence-electron chi connectivity index (χ1n) is 10.6. The number of sulfonamides is 1. The summed E-state index contributed by atoms with van der Waals surface area (Å²) in [4.78, 5) is 23.8. The van der Waals surface area contributed by atoms with E-state index in [2.05, 4.69) is 20.3 Å². The van der Waals surface area contributed by atoms with E-state index in [1.165, 1.54) is 18.5 Å². The highest BCUT2D eigenvalue weighted by molar-refractivity contribution is 7.89. The fraction of sp³-hybridized carbons (Fsp3) is 0.273. The molecular weight excluding hydrogens is 509 g/mol. The van der Waals surface area contributed by atoms with Crippen molar-refractivity contribution in [3.8, 4) is 11.3 Å². The number of aromatic nitrogens is 3. The van der Waals surface area contributed by atoms with Gasteiger partial charge in [-0.15, -0.1) is 0 Å². The summed E-state index contributed by atoms with van der Waals surface area (Å²) in [5.74, 6) is -3.13. The largest absolute Gasteiger partial charge is 0.433 e. The van der Waals surface area contributed by atoms with Gasteiger partial charge in [0.05, 0.1) is 22.8 Å². The summed E-state index contributed by atoms with van der Waals surface area (Å²) in [5.41, 5.74) is -0.148. The fourth-order valence-electron chi connectivity index (χ4n) is 3.72. The molecule has 0 saturated carbocycles. The molecule has 3 aromatic rings. The summed E-state index contributed by atoms with van der Waals surface area (Å²) in [5, 5.41) is 2.59. The third kappa shape index (κ3) is 5.33. The van der Waals surface area contributed by atoms with E-state index in [1.54, 1.807) is 0 Å². The molecule has 1 N–H and O–H groups in total. The maximum atomic E-state index is 13.6. The van der Waals surface area contributed by atoms with Gasteiger partial charge in [-0.2, -0.15) is 17.5 Å². The van der Waals surface area contributed by atoms with Gasteiger partial charge in [-0.05, 0) is 49.2 Å². The number of carbonyl (C=O) groups is 1. The van der Waals surface area contributed by atoms with Gasteiger partial charge in [0.25, 0.3) is 0 Å². The number of benzene rings is 1. The molecule has 14 heteroatoms. The third-order valence-electron chi connectivity index (χ3n) is 5.52. The number of pyridine rings is 1. The van der Waals surface area contributed by atoms with Crippen LogP contribution in [0, 0.1) is 11.6 Å². The predicted molar refractivity (Wildman–Crippen MR) is 115 cm³/mol. The Balaban J connectivity index is 1.45. The van der Waals surface area contributed by atoms with Gasteiger partial charge in [0.2, 0.25) is 15.9 Å². The van der Waals surface area contributed by atoms with Crippen LogP contribution in [-0.4, -0.2) is 46.2 Å². The van der Waals surface area contributed by atoms with Crippen LogP contribution < -0.4 is 5.32 Å². The van der Waals surface area contributed by atoms with Crippen molar-refractivity contribution in [2.45, 2.75) is 36.5 Å². The van der Waals surface area contributed by atoms with E-state index in [0.29, 0.717) is 29.8 Å². The van der Waals surface area contributed by atoms with Crippen LogP contribution in [0.15, 0.2) is 53.8 Å². The van der Waals surface area contributed by atoms with Crippen molar-refractivity contribution in [1.29, 1.82) is 0 Å². The number of carbonyl (C=O) groups excluding carboxylic acids is 1. The van der Waals surface area contributed by atoms with Crippen molar-refractivity contribution >= 4 is 15.9 Å². The van der Waals surface area contributed by atoms with Gasteiger partial charge in [0.15, 0.2) is 11.6 Å². The number of nitrogens with zero attached hydrogens (tertiary/aromatic N) is 4. The van der Waals surface area contributed by atoms with Gasteiger partial charge in [0.1, 0.15) is 18.1 Å². The van der Waals surface area contributed by atoms with Gasteiger partial charge in [0, 0.05) is 18.3 Å². The number of hydrogen-bond acceptors (Lipinski definition) is 6. The van der Waals surface area contributed by atoms with Crippen LogP contribution in [0.1, 0.15) is 24.2 Å². The van der Waals surface area contributed by atoms with E-state index in [9.17, 15) is 35.2 Å². The molecule has 1 aliphatic rings. The molecule has 0 radical (unpaired) electrons. The lowest BCUT2D eigenvalue weighted by Gasteiger charge is -2.23. The second-order valence-corrected chi connectivity index (χ2v) is 9.78. The zero-order valence-corrected chi connectivity index (χ0v) is 19.2. The summed E-state index contributed by atoms with van der Waals surface area (Å²) in [7, 11) is -4.26. The van der Waals surface area contributed by atoms with Gasteiger partial charge >= 0.3 is 6.18 Å². The Bertz CT molecular complexity index is 1380. The Hall–Kier alpha value is -3.52. The first kappa shape index (κ1) is 25.6. The first-order valence-corrected chi connectivity index (χ1v) is 12.0. The van der Waals surface area contributed by atoms with Crippen LogP contribution >= 0.6 is 0 Å². The van der Waals surface area contributed by atoms with E-state index >= 15 is 0 Å². The van der Waals surface area contributed by atoms with E-state index in [1.807, 2.05) is 0 Å². The smallest absolute Gasteiger partial charge is 0.349 e. The summed E-state index contributed by atoms with van der Waals surface area (Å²) in [6.45, 7) is -0.0873. The van der Waals surface area contributed by atoms with Crippen LogP contribution in [0.5, 0.6) is 0 Å². The zero-order valence-electron chi connectivity index (χ0n) is 18.3. The molecule has 36 heavy (non-hydrogen) atoms. The van der Waals surface area contributed by atoms with E-state index in [0.717, 1.165) is 22.6 Å². The monoisotopic (exact) mass is 527 g/mol. The molecule has 3 heterocycles. The molecule has 1 aliphatic heterocycles. The van der Waals surface area contributed by atoms with Crippen LogP contribution in [0.2, 0.25) is 0 Å². The number of nitrogens with one attached hydrogen (secondary N) is 1. The van der Waals surface area contributed by atoms with Crippen LogP contribution in [0.25, 0.3) is 11.3 Å². The molecule has 190 valence electrons. The van der Waals surface area contributed by atoms with Crippen LogP contribution in [0.4, 0.5) is 22.0 Å². The Labute approximate surface area is 202 Å². The third-order valence-corrected chi connectivity index (χ3v) is 7.43. The highest BCUT2D eigenvalue weighted by Gasteiger charge is 2.39. The lowest BCUT2D eigenvalue weighted by Crippen LogP contribution is -2.45. The van der Waals surface area contributed by atoms with Crippen LogP contribution in [-0.2, 0) is 27.5 Å². The van der Waals surface area contributed by atoms with Gasteiger partial charge in [-0.25, -0.2) is 27.2 Å². The second kappa shape index (κ2) is 9.85. The van der Waals surface area contributed by atoms with Crippen molar-refractivity contribution in [2.24, 2.45) is 0 Å². The summed E-state index contributed by atoms with van der Waals surface area (Å²) < 4.78 is 91.8. The first-order chi connectivity index (χ1) is 17.0. The number of hydrogen-bond donors (Lipinski definition) is 1. The molecule has 1 fully saturated rings. The molecule has 0 bridgehead atoms. The summed E-state index contributed by atoms with van der Waals surface area (Å²) in [6.07, 6.45) is -1.77. The van der Waals surface area contributed by atoms with Crippen LogP contribution in [0.3, 0.4) is 0 Å². The molecule has 1 unspecified atom stereocenters. The topological polar surface area (TPSA) is 105 Å². The predicted octanol–water partition coefficient (Wildman–Crippen LogP) is 3.31. The lowest BCUT2D eigenvalue weighted by molar-refractivity contribution is -0.141. The SMILES string of the molecule is O=C(NCc1cc(-c2ccc(C(F)(F)F)nc2)ncn1)C1CCCN1S(=O)(=O)c1ccc(F)c(F)c1. The molecule has 1 atom stereocenters. The molecule has 4 rings (SSSR count). The fourth-order valence-corrected chi connectivity index (χ4v) is 5.39. The molecule has 1 saturated heterocycles. The van der Waals surface area contributed by atoms with Crippen molar-refractivity contribution in [1.82, 2.24) is 24.6 Å². The van der Waals surface area contributed by atoms with Crippen molar-refractivity contribution in [3.05, 3.63) is 71.9 Å². The Morgan fingerprint density at radius 3 is 2.50 bits per heavy atom. The van der Waals surface area contributed by atoms with Crippen molar-refractivity contribution in [2.75, 3.05) is 6.54 Å².